The lowest BCUT2D eigenvalue weighted by molar-refractivity contribution is -0.117. The van der Waals surface area contributed by atoms with Crippen LogP contribution >= 0.6 is 11.6 Å². The Bertz CT molecular complexity index is 1060. The van der Waals surface area contributed by atoms with Crippen LogP contribution in [0.5, 0.6) is 0 Å². The minimum atomic E-state index is -0.463. The predicted octanol–water partition coefficient (Wildman–Crippen LogP) is 3.57. The zero-order chi connectivity index (χ0) is 20.8. The van der Waals surface area contributed by atoms with Gasteiger partial charge in [-0.3, -0.25) is 9.59 Å². The molecule has 0 fully saturated rings. The molecule has 0 aliphatic rings. The standard InChI is InChI=1S/C22H21ClN4O2/c1-15-18(22(23)27(26-15)14-16-7-3-2-4-8-16)11-12-21(29)25-19-10-6-5-9-17(19)13-20(24)28/h2-12H,13-14H2,1H3,(H2,24,28)(H,25,29)/b12-11+. The highest BCUT2D eigenvalue weighted by molar-refractivity contribution is 6.31. The number of nitrogens with two attached hydrogens (primary N) is 1. The van der Waals surface area contributed by atoms with Crippen molar-refractivity contribution >= 4 is 35.2 Å². The molecule has 0 saturated heterocycles. The van der Waals surface area contributed by atoms with Gasteiger partial charge < -0.3 is 11.1 Å². The number of carbonyl (C=O) groups excluding carboxylic acids is 2. The molecule has 0 atom stereocenters. The van der Waals surface area contributed by atoms with E-state index in [0.717, 1.165) is 11.3 Å². The zero-order valence-corrected chi connectivity index (χ0v) is 16.7. The van der Waals surface area contributed by atoms with Crippen LogP contribution in [0.2, 0.25) is 5.15 Å². The molecule has 0 bridgehead atoms. The predicted molar refractivity (Wildman–Crippen MR) is 115 cm³/mol. The summed E-state index contributed by atoms with van der Waals surface area (Å²) < 4.78 is 1.70. The number of nitrogens with zero attached hydrogens (tertiary/aromatic N) is 2. The fourth-order valence-corrected chi connectivity index (χ4v) is 3.23. The van der Waals surface area contributed by atoms with Crippen molar-refractivity contribution in [2.45, 2.75) is 19.9 Å². The number of nitrogens with one attached hydrogen (secondary N) is 1. The summed E-state index contributed by atoms with van der Waals surface area (Å²) in [7, 11) is 0. The van der Waals surface area contributed by atoms with Gasteiger partial charge in [0.2, 0.25) is 11.8 Å². The zero-order valence-electron chi connectivity index (χ0n) is 15.9. The van der Waals surface area contributed by atoms with Crippen LogP contribution in [0.3, 0.4) is 0 Å². The Morgan fingerprint density at radius 1 is 1.14 bits per heavy atom. The Kier molecular flexibility index (Phi) is 6.46. The first-order valence-corrected chi connectivity index (χ1v) is 9.44. The lowest BCUT2D eigenvalue weighted by Gasteiger charge is -2.08. The molecule has 3 aromatic rings. The highest BCUT2D eigenvalue weighted by Gasteiger charge is 2.12. The van der Waals surface area contributed by atoms with E-state index in [0.29, 0.717) is 28.5 Å². The normalized spacial score (nSPS) is 11.0. The van der Waals surface area contributed by atoms with Crippen LogP contribution in [0.15, 0.2) is 60.7 Å². The lowest BCUT2D eigenvalue weighted by Crippen LogP contribution is -2.16. The molecule has 0 aliphatic carbocycles. The molecule has 0 aliphatic heterocycles. The SMILES string of the molecule is Cc1nn(Cc2ccccc2)c(Cl)c1/C=C/C(=O)Nc1ccccc1CC(N)=O. The first-order valence-electron chi connectivity index (χ1n) is 9.06. The van der Waals surface area contributed by atoms with Crippen molar-refractivity contribution in [3.8, 4) is 0 Å². The number of amides is 2. The molecule has 148 valence electrons. The van der Waals surface area contributed by atoms with Gasteiger partial charge in [-0.1, -0.05) is 60.1 Å². The monoisotopic (exact) mass is 408 g/mol. The van der Waals surface area contributed by atoms with Crippen molar-refractivity contribution < 1.29 is 9.59 Å². The van der Waals surface area contributed by atoms with E-state index in [4.69, 9.17) is 17.3 Å². The van der Waals surface area contributed by atoms with Gasteiger partial charge in [-0.2, -0.15) is 5.10 Å². The molecule has 6 nitrogen and oxygen atoms in total. The van der Waals surface area contributed by atoms with E-state index in [-0.39, 0.29) is 12.3 Å². The van der Waals surface area contributed by atoms with Crippen LogP contribution in [0, 0.1) is 6.92 Å². The molecule has 1 heterocycles. The van der Waals surface area contributed by atoms with Crippen molar-refractivity contribution in [3.05, 3.63) is 88.2 Å². The third-order valence-corrected chi connectivity index (χ3v) is 4.72. The highest BCUT2D eigenvalue weighted by Crippen LogP contribution is 2.22. The molecule has 0 radical (unpaired) electrons. The maximum absolute atomic E-state index is 12.4. The number of hydrogen-bond acceptors (Lipinski definition) is 3. The third kappa shape index (κ3) is 5.33. The summed E-state index contributed by atoms with van der Waals surface area (Å²) in [5, 5.41) is 7.69. The fraction of sp³-hybridized carbons (Fsp3) is 0.136. The largest absolute Gasteiger partial charge is 0.369 e. The first kappa shape index (κ1) is 20.4. The summed E-state index contributed by atoms with van der Waals surface area (Å²) in [6.45, 7) is 2.38. The number of para-hydroxylation sites is 1. The molecule has 2 amide bonds. The minimum Gasteiger partial charge on any atom is -0.369 e. The third-order valence-electron chi connectivity index (χ3n) is 4.33. The Balaban J connectivity index is 1.73. The molecule has 0 spiro atoms. The lowest BCUT2D eigenvalue weighted by atomic mass is 10.1. The van der Waals surface area contributed by atoms with Crippen LogP contribution in [-0.4, -0.2) is 21.6 Å². The average molecular weight is 409 g/mol. The van der Waals surface area contributed by atoms with E-state index >= 15 is 0 Å². The van der Waals surface area contributed by atoms with Gasteiger partial charge in [0, 0.05) is 17.3 Å². The number of aryl methyl sites for hydroxylation is 1. The van der Waals surface area contributed by atoms with Gasteiger partial charge in [0.15, 0.2) is 0 Å². The van der Waals surface area contributed by atoms with Crippen LogP contribution < -0.4 is 11.1 Å². The molecular weight excluding hydrogens is 388 g/mol. The van der Waals surface area contributed by atoms with E-state index in [1.807, 2.05) is 37.3 Å². The Hall–Kier alpha value is -3.38. The Morgan fingerprint density at radius 3 is 2.55 bits per heavy atom. The summed E-state index contributed by atoms with van der Waals surface area (Å²) in [4.78, 5) is 23.6. The quantitative estimate of drug-likeness (QED) is 0.585. The summed E-state index contributed by atoms with van der Waals surface area (Å²) in [6.07, 6.45) is 3.08. The molecular formula is C22H21ClN4O2. The van der Waals surface area contributed by atoms with E-state index in [1.54, 1.807) is 35.0 Å². The number of anilines is 1. The number of primary amides is 1. The summed E-state index contributed by atoms with van der Waals surface area (Å²) >= 11 is 6.47. The van der Waals surface area contributed by atoms with Crippen molar-refractivity contribution in [2.24, 2.45) is 5.73 Å². The van der Waals surface area contributed by atoms with Gasteiger partial charge in [0.1, 0.15) is 5.15 Å². The number of hydrogen-bond donors (Lipinski definition) is 2. The number of carbonyl (C=O) groups is 2. The molecule has 3 rings (SSSR count). The van der Waals surface area contributed by atoms with Crippen LogP contribution in [0.1, 0.15) is 22.4 Å². The molecule has 29 heavy (non-hydrogen) atoms. The molecule has 2 aromatic carbocycles. The topological polar surface area (TPSA) is 90.0 Å². The van der Waals surface area contributed by atoms with Crippen molar-refractivity contribution in [1.82, 2.24) is 9.78 Å². The molecule has 7 heteroatoms. The second kappa shape index (κ2) is 9.21. The van der Waals surface area contributed by atoms with E-state index in [2.05, 4.69) is 10.4 Å². The summed E-state index contributed by atoms with van der Waals surface area (Å²) in [6, 6.07) is 16.9. The smallest absolute Gasteiger partial charge is 0.248 e. The second-order valence-electron chi connectivity index (χ2n) is 6.56. The van der Waals surface area contributed by atoms with Crippen molar-refractivity contribution in [2.75, 3.05) is 5.32 Å². The highest BCUT2D eigenvalue weighted by atomic mass is 35.5. The second-order valence-corrected chi connectivity index (χ2v) is 6.91. The minimum absolute atomic E-state index is 0.0529. The van der Waals surface area contributed by atoms with Gasteiger partial charge in [-0.15, -0.1) is 0 Å². The van der Waals surface area contributed by atoms with Crippen LogP contribution in [0.25, 0.3) is 6.08 Å². The Morgan fingerprint density at radius 2 is 1.83 bits per heavy atom. The summed E-state index contributed by atoms with van der Waals surface area (Å²) in [5.74, 6) is -0.802. The molecule has 1 aromatic heterocycles. The van der Waals surface area contributed by atoms with Crippen molar-refractivity contribution in [1.29, 1.82) is 0 Å². The Labute approximate surface area is 174 Å². The molecule has 0 saturated carbocycles. The molecule has 3 N–H and O–H groups in total. The van der Waals surface area contributed by atoms with E-state index in [9.17, 15) is 9.59 Å². The number of aromatic nitrogens is 2. The first-order chi connectivity index (χ1) is 13.9. The maximum Gasteiger partial charge on any atom is 0.248 e. The van der Waals surface area contributed by atoms with Gasteiger partial charge in [-0.25, -0.2) is 4.68 Å². The van der Waals surface area contributed by atoms with Gasteiger partial charge in [-0.05, 0) is 30.2 Å². The van der Waals surface area contributed by atoms with Gasteiger partial charge in [0.25, 0.3) is 0 Å². The van der Waals surface area contributed by atoms with Crippen molar-refractivity contribution in [3.63, 3.8) is 0 Å². The number of rotatable bonds is 7. The van der Waals surface area contributed by atoms with Gasteiger partial charge >= 0.3 is 0 Å². The van der Waals surface area contributed by atoms with Crippen LogP contribution in [0.4, 0.5) is 5.69 Å². The van der Waals surface area contributed by atoms with E-state index < -0.39 is 5.91 Å². The average Bonchev–Trinajstić information content (AvgIpc) is 2.95. The summed E-state index contributed by atoms with van der Waals surface area (Å²) in [5.41, 5.74) is 8.95. The maximum atomic E-state index is 12.4. The number of benzene rings is 2. The van der Waals surface area contributed by atoms with Crippen LogP contribution in [-0.2, 0) is 22.6 Å². The molecule has 0 unspecified atom stereocenters. The van der Waals surface area contributed by atoms with E-state index in [1.165, 1.54) is 6.08 Å². The number of halogens is 1. The fourth-order valence-electron chi connectivity index (χ4n) is 2.94. The van der Waals surface area contributed by atoms with Gasteiger partial charge in [0.05, 0.1) is 18.7 Å².